The number of carbonyl (C=O) groups is 1. The zero-order valence-corrected chi connectivity index (χ0v) is 7.46. The minimum atomic E-state index is 0.743. The molecule has 0 aromatic carbocycles. The lowest BCUT2D eigenvalue weighted by Crippen LogP contribution is -2.21. The van der Waals surface area contributed by atoms with Gasteiger partial charge in [0.15, 0.2) is 0 Å². The van der Waals surface area contributed by atoms with E-state index in [1.165, 1.54) is 32.1 Å². The lowest BCUT2D eigenvalue weighted by molar-refractivity contribution is -0.105. The maximum atomic E-state index is 10.6. The predicted molar refractivity (Wildman–Crippen MR) is 48.8 cm³/mol. The van der Waals surface area contributed by atoms with Gasteiger partial charge in [0, 0.05) is 0 Å². The van der Waals surface area contributed by atoms with E-state index in [2.05, 4.69) is 6.08 Å². The zero-order valence-electron chi connectivity index (χ0n) is 7.46. The number of allylic oxidation sites excluding steroid dienone is 2. The van der Waals surface area contributed by atoms with E-state index in [0.29, 0.717) is 0 Å². The molecule has 2 rings (SSSR count). The normalized spacial score (nSPS) is 35.2. The first-order chi connectivity index (χ1) is 5.90. The summed E-state index contributed by atoms with van der Waals surface area (Å²) in [4.78, 5) is 10.6. The summed E-state index contributed by atoms with van der Waals surface area (Å²) in [5.74, 6) is 1.65. The Bertz CT molecular complexity index is 205. The van der Waals surface area contributed by atoms with Gasteiger partial charge < -0.3 is 0 Å². The van der Waals surface area contributed by atoms with Crippen molar-refractivity contribution >= 4 is 6.29 Å². The van der Waals surface area contributed by atoms with Crippen LogP contribution in [0.15, 0.2) is 11.6 Å². The lowest BCUT2D eigenvalue weighted by Gasteiger charge is -2.33. The van der Waals surface area contributed by atoms with Crippen LogP contribution in [0.4, 0.5) is 0 Å². The molecule has 0 spiro atoms. The molecule has 2 aliphatic rings. The Balaban J connectivity index is 2.09. The van der Waals surface area contributed by atoms with E-state index in [1.807, 2.05) is 0 Å². The first-order valence-electron chi connectivity index (χ1n) is 5.06. The minimum Gasteiger partial charge on any atom is -0.298 e. The largest absolute Gasteiger partial charge is 0.298 e. The van der Waals surface area contributed by atoms with E-state index >= 15 is 0 Å². The third-order valence-electron chi connectivity index (χ3n) is 3.35. The molecule has 0 radical (unpaired) electrons. The van der Waals surface area contributed by atoms with Crippen LogP contribution >= 0.6 is 0 Å². The molecule has 1 fully saturated rings. The monoisotopic (exact) mass is 164 g/mol. The van der Waals surface area contributed by atoms with Gasteiger partial charge >= 0.3 is 0 Å². The molecule has 12 heavy (non-hydrogen) atoms. The summed E-state index contributed by atoms with van der Waals surface area (Å²) >= 11 is 0. The molecule has 0 aliphatic heterocycles. The van der Waals surface area contributed by atoms with Gasteiger partial charge in [-0.1, -0.05) is 18.9 Å². The number of carbonyl (C=O) groups excluding carboxylic acids is 1. The van der Waals surface area contributed by atoms with Crippen LogP contribution in [-0.2, 0) is 4.79 Å². The standard InChI is InChI=1S/C11H16O/c12-8-9-5-6-10-3-1-2-4-11(10)7-9/h7-8,10-11H,1-6H2. The van der Waals surface area contributed by atoms with Crippen LogP contribution in [0.2, 0.25) is 0 Å². The van der Waals surface area contributed by atoms with Gasteiger partial charge in [0.25, 0.3) is 0 Å². The number of rotatable bonds is 1. The van der Waals surface area contributed by atoms with E-state index in [0.717, 1.165) is 30.1 Å². The molecular weight excluding hydrogens is 148 g/mol. The fourth-order valence-corrected chi connectivity index (χ4v) is 2.62. The van der Waals surface area contributed by atoms with E-state index in [4.69, 9.17) is 0 Å². The second-order valence-electron chi connectivity index (χ2n) is 4.11. The van der Waals surface area contributed by atoms with Crippen molar-refractivity contribution in [2.45, 2.75) is 38.5 Å². The quantitative estimate of drug-likeness (QED) is 0.544. The average molecular weight is 164 g/mol. The van der Waals surface area contributed by atoms with Crippen molar-refractivity contribution in [3.8, 4) is 0 Å². The highest BCUT2D eigenvalue weighted by molar-refractivity contribution is 5.73. The van der Waals surface area contributed by atoms with Crippen LogP contribution in [0.25, 0.3) is 0 Å². The molecule has 0 aromatic heterocycles. The van der Waals surface area contributed by atoms with Crippen molar-refractivity contribution in [2.75, 3.05) is 0 Å². The highest BCUT2D eigenvalue weighted by Crippen LogP contribution is 2.38. The van der Waals surface area contributed by atoms with E-state index in [1.54, 1.807) is 0 Å². The summed E-state index contributed by atoms with van der Waals surface area (Å²) in [7, 11) is 0. The second kappa shape index (κ2) is 3.42. The van der Waals surface area contributed by atoms with Gasteiger partial charge in [-0.15, -0.1) is 0 Å². The van der Waals surface area contributed by atoms with Gasteiger partial charge in [0.2, 0.25) is 0 Å². The Morgan fingerprint density at radius 3 is 2.92 bits per heavy atom. The first-order valence-corrected chi connectivity index (χ1v) is 5.06. The topological polar surface area (TPSA) is 17.1 Å². The van der Waals surface area contributed by atoms with Crippen LogP contribution in [-0.4, -0.2) is 6.29 Å². The van der Waals surface area contributed by atoms with Gasteiger partial charge in [-0.2, -0.15) is 0 Å². The van der Waals surface area contributed by atoms with E-state index in [9.17, 15) is 4.79 Å². The average Bonchev–Trinajstić information content (AvgIpc) is 2.17. The summed E-state index contributed by atoms with van der Waals surface area (Å²) in [6.07, 6.45) is 11.1. The predicted octanol–water partition coefficient (Wildman–Crippen LogP) is 2.71. The molecule has 0 N–H and O–H groups in total. The second-order valence-corrected chi connectivity index (χ2v) is 4.11. The Labute approximate surface area is 73.8 Å². The third-order valence-corrected chi connectivity index (χ3v) is 3.35. The van der Waals surface area contributed by atoms with Crippen LogP contribution in [0, 0.1) is 11.8 Å². The number of aldehydes is 1. The zero-order chi connectivity index (χ0) is 8.39. The van der Waals surface area contributed by atoms with Crippen LogP contribution in [0.5, 0.6) is 0 Å². The highest BCUT2D eigenvalue weighted by Gasteiger charge is 2.26. The molecule has 1 nitrogen and oxygen atoms in total. The molecule has 2 atom stereocenters. The smallest absolute Gasteiger partial charge is 0.145 e. The summed E-state index contributed by atoms with van der Waals surface area (Å²) in [5, 5.41) is 0. The maximum absolute atomic E-state index is 10.6. The molecule has 0 bridgehead atoms. The van der Waals surface area contributed by atoms with Gasteiger partial charge in [-0.25, -0.2) is 0 Å². The van der Waals surface area contributed by atoms with Crippen molar-refractivity contribution in [3.63, 3.8) is 0 Å². The van der Waals surface area contributed by atoms with Crippen LogP contribution < -0.4 is 0 Å². The summed E-state index contributed by atoms with van der Waals surface area (Å²) < 4.78 is 0. The van der Waals surface area contributed by atoms with Crippen LogP contribution in [0.1, 0.15) is 38.5 Å². The molecule has 1 heteroatoms. The van der Waals surface area contributed by atoms with Crippen molar-refractivity contribution in [2.24, 2.45) is 11.8 Å². The molecular formula is C11H16O. The minimum absolute atomic E-state index is 0.743. The molecule has 0 amide bonds. The van der Waals surface area contributed by atoms with Crippen LogP contribution in [0.3, 0.4) is 0 Å². The van der Waals surface area contributed by atoms with Gasteiger partial charge in [-0.05, 0) is 43.1 Å². The lowest BCUT2D eigenvalue weighted by atomic mass is 9.72. The van der Waals surface area contributed by atoms with Gasteiger partial charge in [0.05, 0.1) is 0 Å². The summed E-state index contributed by atoms with van der Waals surface area (Å²) in [6.45, 7) is 0. The number of fused-ring (bicyclic) bond motifs is 1. The molecule has 2 unspecified atom stereocenters. The SMILES string of the molecule is O=CC1=CC2CCCCC2CC1. The fourth-order valence-electron chi connectivity index (χ4n) is 2.62. The molecule has 0 aromatic rings. The summed E-state index contributed by atoms with van der Waals surface area (Å²) in [5.41, 5.74) is 1.05. The Morgan fingerprint density at radius 2 is 2.08 bits per heavy atom. The van der Waals surface area contributed by atoms with Gasteiger partial charge in [-0.3, -0.25) is 4.79 Å². The fraction of sp³-hybridized carbons (Fsp3) is 0.727. The van der Waals surface area contributed by atoms with Crippen molar-refractivity contribution < 1.29 is 4.79 Å². The Morgan fingerprint density at radius 1 is 1.25 bits per heavy atom. The summed E-state index contributed by atoms with van der Waals surface area (Å²) in [6, 6.07) is 0. The number of hydrogen-bond acceptors (Lipinski definition) is 1. The highest BCUT2D eigenvalue weighted by atomic mass is 16.1. The molecule has 0 saturated heterocycles. The van der Waals surface area contributed by atoms with E-state index in [-0.39, 0.29) is 0 Å². The van der Waals surface area contributed by atoms with Crippen molar-refractivity contribution in [1.82, 2.24) is 0 Å². The molecule has 1 saturated carbocycles. The Kier molecular flexibility index (Phi) is 2.29. The molecule has 66 valence electrons. The Hall–Kier alpha value is -0.590. The van der Waals surface area contributed by atoms with Crippen molar-refractivity contribution in [1.29, 1.82) is 0 Å². The molecule has 0 heterocycles. The maximum Gasteiger partial charge on any atom is 0.145 e. The van der Waals surface area contributed by atoms with E-state index < -0.39 is 0 Å². The van der Waals surface area contributed by atoms with Gasteiger partial charge in [0.1, 0.15) is 6.29 Å². The van der Waals surface area contributed by atoms with Crippen molar-refractivity contribution in [3.05, 3.63) is 11.6 Å². The first kappa shape index (κ1) is 8.03. The number of hydrogen-bond donors (Lipinski definition) is 0. The molecule has 2 aliphatic carbocycles. The third kappa shape index (κ3) is 1.45.